The minimum atomic E-state index is -2.35. The summed E-state index contributed by atoms with van der Waals surface area (Å²) in [4.78, 5) is 29.6. The molecule has 25 heavy (non-hydrogen) atoms. The van der Waals surface area contributed by atoms with Crippen LogP contribution in [0.25, 0.3) is 5.65 Å². The van der Waals surface area contributed by atoms with Crippen LogP contribution >= 0.6 is 0 Å². The second-order valence-electron chi connectivity index (χ2n) is 5.93. The Kier molecular flexibility index (Phi) is 4.88. The number of carbonyl (C=O) groups excluding carboxylic acids is 2. The van der Waals surface area contributed by atoms with Gasteiger partial charge in [-0.05, 0) is 18.9 Å². The van der Waals surface area contributed by atoms with E-state index in [-0.39, 0.29) is 35.4 Å². The van der Waals surface area contributed by atoms with Gasteiger partial charge in [0.15, 0.2) is 5.65 Å². The van der Waals surface area contributed by atoms with Crippen LogP contribution in [0.3, 0.4) is 0 Å². The Hall–Kier alpha value is -2.62. The summed E-state index contributed by atoms with van der Waals surface area (Å²) in [6.45, 7) is 0.776. The summed E-state index contributed by atoms with van der Waals surface area (Å²) < 4.78 is 26.1. The van der Waals surface area contributed by atoms with Crippen molar-refractivity contribution in [1.82, 2.24) is 24.8 Å². The van der Waals surface area contributed by atoms with Crippen molar-refractivity contribution in [2.75, 3.05) is 19.6 Å². The number of likely N-dealkylation sites (tertiary alicyclic amines) is 1. The second kappa shape index (κ2) is 7.09. The van der Waals surface area contributed by atoms with Crippen molar-refractivity contribution in [1.29, 1.82) is 0 Å². The topological polar surface area (TPSA) is 106 Å². The predicted octanol–water partition coefficient (Wildman–Crippen LogP) is 0.288. The summed E-state index contributed by atoms with van der Waals surface area (Å²) in [7, 11) is 0. The summed E-state index contributed by atoms with van der Waals surface area (Å²) in [6.07, 6.45) is 1.51. The number of alkyl halides is 2. The fourth-order valence-corrected chi connectivity index (χ4v) is 2.95. The first kappa shape index (κ1) is 17.2. The number of amides is 2. The van der Waals surface area contributed by atoms with Gasteiger partial charge in [-0.1, -0.05) is 0 Å². The van der Waals surface area contributed by atoms with Gasteiger partial charge in [0.1, 0.15) is 11.3 Å². The molecule has 3 rings (SSSR count). The first-order valence-corrected chi connectivity index (χ1v) is 7.89. The lowest BCUT2D eigenvalue weighted by atomic mass is 10.0. The van der Waals surface area contributed by atoms with Crippen molar-refractivity contribution in [2.45, 2.75) is 25.3 Å². The van der Waals surface area contributed by atoms with Crippen LogP contribution in [0.1, 0.15) is 33.7 Å². The number of hydrogen-bond acceptors (Lipinski definition) is 5. The highest BCUT2D eigenvalue weighted by Gasteiger charge is 2.24. The lowest BCUT2D eigenvalue weighted by Crippen LogP contribution is -2.46. The molecule has 0 spiro atoms. The van der Waals surface area contributed by atoms with E-state index < -0.39 is 12.3 Å². The van der Waals surface area contributed by atoms with Gasteiger partial charge in [0.25, 0.3) is 18.2 Å². The molecule has 1 fully saturated rings. The van der Waals surface area contributed by atoms with Gasteiger partial charge in [0, 0.05) is 25.3 Å². The van der Waals surface area contributed by atoms with Crippen LogP contribution in [0.2, 0.25) is 0 Å². The molecule has 134 valence electrons. The zero-order chi connectivity index (χ0) is 18.0. The van der Waals surface area contributed by atoms with Gasteiger partial charge in [-0.15, -0.1) is 0 Å². The lowest BCUT2D eigenvalue weighted by molar-refractivity contribution is 0.0694. The van der Waals surface area contributed by atoms with Gasteiger partial charge in [0.2, 0.25) is 0 Å². The largest absolute Gasteiger partial charge is 0.365 e. The first-order valence-electron chi connectivity index (χ1n) is 7.89. The molecular formula is C15H18F2N6O2. The number of fused-ring (bicyclic) bond motifs is 1. The second-order valence-corrected chi connectivity index (χ2v) is 5.93. The molecule has 3 N–H and O–H groups in total. The average Bonchev–Trinajstić information content (AvgIpc) is 3.00. The molecule has 0 aliphatic carbocycles. The van der Waals surface area contributed by atoms with Gasteiger partial charge in [-0.3, -0.25) is 14.5 Å². The van der Waals surface area contributed by atoms with E-state index in [4.69, 9.17) is 5.73 Å². The molecule has 2 aromatic heterocycles. The highest BCUT2D eigenvalue weighted by Crippen LogP contribution is 2.14. The maximum atomic E-state index is 12.5. The molecular weight excluding hydrogens is 334 g/mol. The summed E-state index contributed by atoms with van der Waals surface area (Å²) in [5.74, 6) is -1.04. The van der Waals surface area contributed by atoms with Gasteiger partial charge < -0.3 is 11.1 Å². The van der Waals surface area contributed by atoms with E-state index in [9.17, 15) is 18.4 Å². The van der Waals surface area contributed by atoms with Gasteiger partial charge >= 0.3 is 0 Å². The summed E-state index contributed by atoms with van der Waals surface area (Å²) in [5.41, 5.74) is 5.83. The van der Waals surface area contributed by atoms with Gasteiger partial charge in [0.05, 0.1) is 12.7 Å². The van der Waals surface area contributed by atoms with E-state index in [1.165, 1.54) is 23.0 Å². The molecule has 0 bridgehead atoms. The zero-order valence-electron chi connectivity index (χ0n) is 13.4. The quantitative estimate of drug-likeness (QED) is 0.804. The molecule has 1 saturated heterocycles. The van der Waals surface area contributed by atoms with E-state index >= 15 is 0 Å². The molecule has 2 aromatic rings. The van der Waals surface area contributed by atoms with Crippen LogP contribution in [0.4, 0.5) is 8.78 Å². The number of nitrogens with zero attached hydrogens (tertiary/aromatic N) is 4. The molecule has 8 nitrogen and oxygen atoms in total. The Morgan fingerprint density at radius 2 is 2.08 bits per heavy atom. The standard InChI is InChI=1S/C15H18F2N6O2/c16-12(17)8-22-5-2-9(3-6-22)21-15(25)11-1-4-19-14-10(13(18)24)7-20-23(11)14/h1,4,7,9,12H,2-3,5-6,8H2,(H2,18,24)(H,21,25). The average molecular weight is 352 g/mol. The number of piperidine rings is 1. The molecule has 3 heterocycles. The van der Waals surface area contributed by atoms with Crippen LogP contribution < -0.4 is 11.1 Å². The monoisotopic (exact) mass is 352 g/mol. The van der Waals surface area contributed by atoms with Crippen LogP contribution in [0.5, 0.6) is 0 Å². The number of hydrogen-bond donors (Lipinski definition) is 2. The van der Waals surface area contributed by atoms with Crippen LogP contribution in [-0.4, -0.2) is 63.4 Å². The van der Waals surface area contributed by atoms with Crippen molar-refractivity contribution in [3.05, 3.63) is 29.7 Å². The number of carbonyl (C=O) groups is 2. The van der Waals surface area contributed by atoms with E-state index in [1.807, 2.05) is 0 Å². The smallest absolute Gasteiger partial charge is 0.270 e. The number of nitrogens with two attached hydrogens (primary N) is 1. The van der Waals surface area contributed by atoms with Crippen molar-refractivity contribution < 1.29 is 18.4 Å². The number of halogens is 2. The fourth-order valence-electron chi connectivity index (χ4n) is 2.95. The number of primary amides is 1. The molecule has 2 amide bonds. The molecule has 0 radical (unpaired) electrons. The lowest BCUT2D eigenvalue weighted by Gasteiger charge is -2.32. The molecule has 1 aliphatic rings. The van der Waals surface area contributed by atoms with E-state index in [1.54, 1.807) is 4.90 Å². The number of aromatic nitrogens is 3. The normalized spacial score (nSPS) is 16.4. The third kappa shape index (κ3) is 3.73. The van der Waals surface area contributed by atoms with Crippen molar-refractivity contribution in [3.8, 4) is 0 Å². The first-order chi connectivity index (χ1) is 12.0. The summed E-state index contributed by atoms with van der Waals surface area (Å²) in [6, 6.07) is 1.39. The van der Waals surface area contributed by atoms with E-state index in [2.05, 4.69) is 15.4 Å². The Bertz CT molecular complexity index is 785. The molecule has 10 heteroatoms. The third-order valence-corrected chi connectivity index (χ3v) is 4.22. The Morgan fingerprint density at radius 3 is 2.72 bits per heavy atom. The minimum Gasteiger partial charge on any atom is -0.365 e. The van der Waals surface area contributed by atoms with E-state index in [0.29, 0.717) is 25.9 Å². The summed E-state index contributed by atoms with van der Waals surface area (Å²) >= 11 is 0. The van der Waals surface area contributed by atoms with Crippen molar-refractivity contribution >= 4 is 17.5 Å². The molecule has 0 unspecified atom stereocenters. The maximum Gasteiger partial charge on any atom is 0.270 e. The van der Waals surface area contributed by atoms with Crippen molar-refractivity contribution in [3.63, 3.8) is 0 Å². The van der Waals surface area contributed by atoms with Crippen molar-refractivity contribution in [2.24, 2.45) is 5.73 Å². The molecule has 0 atom stereocenters. The third-order valence-electron chi connectivity index (χ3n) is 4.22. The number of rotatable bonds is 5. The predicted molar refractivity (Wildman–Crippen MR) is 84.4 cm³/mol. The Balaban J connectivity index is 1.68. The number of nitrogens with one attached hydrogen (secondary N) is 1. The molecule has 1 aliphatic heterocycles. The summed E-state index contributed by atoms with van der Waals surface area (Å²) in [5, 5.41) is 6.88. The van der Waals surface area contributed by atoms with Crippen LogP contribution in [0.15, 0.2) is 18.5 Å². The van der Waals surface area contributed by atoms with Crippen LogP contribution in [-0.2, 0) is 0 Å². The SMILES string of the molecule is NC(=O)c1cnn2c(C(=O)NC3CCN(CC(F)F)CC3)ccnc12. The molecule has 0 saturated carbocycles. The van der Waals surface area contributed by atoms with E-state index in [0.717, 1.165) is 0 Å². The Morgan fingerprint density at radius 1 is 1.36 bits per heavy atom. The maximum absolute atomic E-state index is 12.5. The zero-order valence-corrected chi connectivity index (χ0v) is 13.4. The van der Waals surface area contributed by atoms with Gasteiger partial charge in [-0.25, -0.2) is 18.3 Å². The minimum absolute atomic E-state index is 0.101. The molecule has 0 aromatic carbocycles. The Labute approximate surface area is 142 Å². The highest BCUT2D eigenvalue weighted by atomic mass is 19.3. The van der Waals surface area contributed by atoms with Gasteiger partial charge in [-0.2, -0.15) is 5.10 Å². The fraction of sp³-hybridized carbons (Fsp3) is 0.467. The van der Waals surface area contributed by atoms with Crippen LogP contribution in [0, 0.1) is 0 Å². The highest BCUT2D eigenvalue weighted by molar-refractivity contribution is 5.99.